The smallest absolute Gasteiger partial charge is 0.101 e. The van der Waals surface area contributed by atoms with Crippen LogP contribution in [0.1, 0.15) is 5.56 Å². The Kier molecular flexibility index (Phi) is 4.00. The van der Waals surface area contributed by atoms with E-state index in [1.807, 2.05) is 36.5 Å². The summed E-state index contributed by atoms with van der Waals surface area (Å²) in [6.45, 7) is 0.469. The SMILES string of the molecule is NCc1cnc2ccccc2c1Sc1ccc(Br)cn1. The molecule has 0 radical (unpaired) electrons. The van der Waals surface area contributed by atoms with Crippen LogP contribution >= 0.6 is 27.7 Å². The van der Waals surface area contributed by atoms with E-state index in [1.165, 1.54) is 0 Å². The number of rotatable bonds is 3. The van der Waals surface area contributed by atoms with Gasteiger partial charge in [0, 0.05) is 33.7 Å². The molecule has 2 heterocycles. The summed E-state index contributed by atoms with van der Waals surface area (Å²) in [6.07, 6.45) is 3.65. The highest BCUT2D eigenvalue weighted by Gasteiger charge is 2.10. The van der Waals surface area contributed by atoms with E-state index >= 15 is 0 Å². The molecule has 3 nitrogen and oxygen atoms in total. The van der Waals surface area contributed by atoms with Gasteiger partial charge >= 0.3 is 0 Å². The molecule has 0 amide bonds. The molecule has 0 unspecified atom stereocenters. The molecule has 1 aromatic carbocycles. The lowest BCUT2D eigenvalue weighted by atomic mass is 10.1. The first-order valence-corrected chi connectivity index (χ1v) is 7.75. The van der Waals surface area contributed by atoms with E-state index in [9.17, 15) is 0 Å². The van der Waals surface area contributed by atoms with Crippen LogP contribution in [-0.4, -0.2) is 9.97 Å². The Morgan fingerprint density at radius 2 is 1.90 bits per heavy atom. The second-order valence-corrected chi connectivity index (χ2v) is 6.20. The Morgan fingerprint density at radius 1 is 1.05 bits per heavy atom. The number of fused-ring (bicyclic) bond motifs is 1. The largest absolute Gasteiger partial charge is 0.326 e. The van der Waals surface area contributed by atoms with Gasteiger partial charge in [-0.05, 0) is 39.7 Å². The highest BCUT2D eigenvalue weighted by molar-refractivity contribution is 9.10. The van der Waals surface area contributed by atoms with Crippen molar-refractivity contribution in [3.05, 3.63) is 58.8 Å². The number of hydrogen-bond donors (Lipinski definition) is 1. The number of para-hydroxylation sites is 1. The quantitative estimate of drug-likeness (QED) is 0.779. The standard InChI is InChI=1S/C15H12BrN3S/c16-11-5-6-14(19-9-11)20-15-10(7-17)8-18-13-4-2-1-3-12(13)15/h1-6,8-9H,7,17H2. The summed E-state index contributed by atoms with van der Waals surface area (Å²) in [4.78, 5) is 9.99. The van der Waals surface area contributed by atoms with Gasteiger partial charge in [-0.15, -0.1) is 0 Å². The van der Waals surface area contributed by atoms with Gasteiger partial charge in [-0.1, -0.05) is 30.0 Å². The van der Waals surface area contributed by atoms with Gasteiger partial charge in [0.25, 0.3) is 0 Å². The Hall–Kier alpha value is -1.43. The summed E-state index contributed by atoms with van der Waals surface area (Å²) in [5, 5.41) is 2.06. The van der Waals surface area contributed by atoms with E-state index in [1.54, 1.807) is 18.0 Å². The Bertz CT molecular complexity index is 744. The average Bonchev–Trinajstić information content (AvgIpc) is 2.50. The zero-order chi connectivity index (χ0) is 13.9. The van der Waals surface area contributed by atoms with Crippen molar-refractivity contribution in [3.8, 4) is 0 Å². The molecule has 0 aliphatic rings. The van der Waals surface area contributed by atoms with Crippen molar-refractivity contribution in [1.29, 1.82) is 0 Å². The molecular formula is C15H12BrN3S. The van der Waals surface area contributed by atoms with Gasteiger partial charge < -0.3 is 5.73 Å². The predicted octanol–water partition coefficient (Wildman–Crippen LogP) is 4.00. The van der Waals surface area contributed by atoms with E-state index in [4.69, 9.17) is 5.73 Å². The zero-order valence-corrected chi connectivity index (χ0v) is 13.0. The van der Waals surface area contributed by atoms with E-state index in [2.05, 4.69) is 32.0 Å². The normalized spacial score (nSPS) is 10.9. The van der Waals surface area contributed by atoms with Gasteiger partial charge in [0.2, 0.25) is 0 Å². The van der Waals surface area contributed by atoms with Crippen LogP contribution in [0.15, 0.2) is 63.2 Å². The van der Waals surface area contributed by atoms with Gasteiger partial charge in [-0.25, -0.2) is 4.98 Å². The van der Waals surface area contributed by atoms with Gasteiger partial charge in [-0.3, -0.25) is 4.98 Å². The monoisotopic (exact) mass is 345 g/mol. The van der Waals surface area contributed by atoms with Crippen LogP contribution in [0.4, 0.5) is 0 Å². The molecule has 0 saturated heterocycles. The van der Waals surface area contributed by atoms with Crippen molar-refractivity contribution in [2.45, 2.75) is 16.5 Å². The number of halogens is 1. The maximum Gasteiger partial charge on any atom is 0.101 e. The topological polar surface area (TPSA) is 51.8 Å². The predicted molar refractivity (Wildman–Crippen MR) is 85.7 cm³/mol. The molecule has 20 heavy (non-hydrogen) atoms. The van der Waals surface area contributed by atoms with Crippen molar-refractivity contribution < 1.29 is 0 Å². The van der Waals surface area contributed by atoms with E-state index in [-0.39, 0.29) is 0 Å². The number of nitrogens with two attached hydrogens (primary N) is 1. The summed E-state index contributed by atoms with van der Waals surface area (Å²) in [5.41, 5.74) is 7.85. The maximum absolute atomic E-state index is 5.84. The Labute approximate surface area is 129 Å². The molecule has 0 atom stereocenters. The maximum atomic E-state index is 5.84. The summed E-state index contributed by atoms with van der Waals surface area (Å²) < 4.78 is 0.973. The van der Waals surface area contributed by atoms with Gasteiger partial charge in [-0.2, -0.15) is 0 Å². The van der Waals surface area contributed by atoms with Gasteiger partial charge in [0.1, 0.15) is 5.03 Å². The molecule has 0 spiro atoms. The highest BCUT2D eigenvalue weighted by atomic mass is 79.9. The first-order chi connectivity index (χ1) is 9.78. The van der Waals surface area contributed by atoms with Crippen LogP contribution in [0, 0.1) is 0 Å². The highest BCUT2D eigenvalue weighted by Crippen LogP contribution is 2.34. The Morgan fingerprint density at radius 3 is 2.65 bits per heavy atom. The first-order valence-electron chi connectivity index (χ1n) is 6.14. The van der Waals surface area contributed by atoms with Crippen molar-refractivity contribution in [1.82, 2.24) is 9.97 Å². The third-order valence-corrected chi connectivity index (χ3v) is 4.53. The minimum absolute atomic E-state index is 0.469. The summed E-state index contributed by atoms with van der Waals surface area (Å²) in [6, 6.07) is 12.1. The van der Waals surface area contributed by atoms with Gasteiger partial charge in [0.05, 0.1) is 5.52 Å². The third kappa shape index (κ3) is 2.70. The molecule has 0 aliphatic carbocycles. The van der Waals surface area contributed by atoms with E-state index in [0.29, 0.717) is 6.54 Å². The summed E-state index contributed by atoms with van der Waals surface area (Å²) in [7, 11) is 0. The molecule has 0 fully saturated rings. The van der Waals surface area contributed by atoms with E-state index in [0.717, 1.165) is 30.9 Å². The second kappa shape index (κ2) is 5.91. The molecule has 0 bridgehead atoms. The lowest BCUT2D eigenvalue weighted by Crippen LogP contribution is -2.00. The Balaban J connectivity index is 2.11. The fourth-order valence-electron chi connectivity index (χ4n) is 1.95. The number of hydrogen-bond acceptors (Lipinski definition) is 4. The summed E-state index contributed by atoms with van der Waals surface area (Å²) in [5.74, 6) is 0. The summed E-state index contributed by atoms with van der Waals surface area (Å²) >= 11 is 5.02. The van der Waals surface area contributed by atoms with Crippen LogP contribution in [0.5, 0.6) is 0 Å². The lowest BCUT2D eigenvalue weighted by Gasteiger charge is -2.10. The average molecular weight is 346 g/mol. The minimum Gasteiger partial charge on any atom is -0.326 e. The van der Waals surface area contributed by atoms with Crippen LogP contribution < -0.4 is 5.73 Å². The van der Waals surface area contributed by atoms with Crippen LogP contribution in [0.3, 0.4) is 0 Å². The molecule has 3 rings (SSSR count). The number of benzene rings is 1. The second-order valence-electron chi connectivity index (χ2n) is 4.25. The number of pyridine rings is 2. The minimum atomic E-state index is 0.469. The van der Waals surface area contributed by atoms with Crippen molar-refractivity contribution in [2.24, 2.45) is 5.73 Å². The fourth-order valence-corrected chi connectivity index (χ4v) is 3.19. The molecule has 2 aromatic heterocycles. The molecule has 0 saturated carbocycles. The molecule has 100 valence electrons. The van der Waals surface area contributed by atoms with Crippen LogP contribution in [0.2, 0.25) is 0 Å². The van der Waals surface area contributed by atoms with Crippen LogP contribution in [-0.2, 0) is 6.54 Å². The van der Waals surface area contributed by atoms with Crippen LogP contribution in [0.25, 0.3) is 10.9 Å². The molecular weight excluding hydrogens is 334 g/mol. The lowest BCUT2D eigenvalue weighted by molar-refractivity contribution is 1.01. The first kappa shape index (κ1) is 13.5. The molecule has 5 heteroatoms. The van der Waals surface area contributed by atoms with Crippen molar-refractivity contribution in [2.75, 3.05) is 0 Å². The third-order valence-electron chi connectivity index (χ3n) is 2.93. The van der Waals surface area contributed by atoms with Crippen molar-refractivity contribution in [3.63, 3.8) is 0 Å². The molecule has 2 N–H and O–H groups in total. The van der Waals surface area contributed by atoms with Crippen molar-refractivity contribution >= 4 is 38.6 Å². The molecule has 0 aliphatic heterocycles. The van der Waals surface area contributed by atoms with Gasteiger partial charge in [0.15, 0.2) is 0 Å². The van der Waals surface area contributed by atoms with E-state index < -0.39 is 0 Å². The molecule has 3 aromatic rings. The number of nitrogens with zero attached hydrogens (tertiary/aromatic N) is 2. The fraction of sp³-hybridized carbons (Fsp3) is 0.0667. The number of aromatic nitrogens is 2. The zero-order valence-electron chi connectivity index (χ0n) is 10.6.